The minimum absolute atomic E-state index is 0.902. The number of hydrogen-bond acceptors (Lipinski definition) is 4. The number of hydrogen-bond donors (Lipinski definition) is 6. The number of unbranched alkanes of at least 4 members (excludes halogenated alkanes) is 39. The van der Waals surface area contributed by atoms with Gasteiger partial charge in [0.2, 0.25) is 0 Å². The Labute approximate surface area is 542 Å². The predicted octanol–water partition coefficient (Wildman–Crippen LogP) is 25.6. The van der Waals surface area contributed by atoms with Crippen molar-refractivity contribution in [3.05, 3.63) is 36.5 Å². The van der Waals surface area contributed by atoms with Crippen molar-refractivity contribution in [2.24, 2.45) is 17.8 Å². The molecule has 0 saturated heterocycles. The van der Waals surface area contributed by atoms with E-state index in [0.717, 1.165) is 17.8 Å². The van der Waals surface area contributed by atoms with Crippen LogP contribution in [0.15, 0.2) is 36.5 Å². The van der Waals surface area contributed by atoms with Gasteiger partial charge in [-0.05, 0) is 173 Å². The summed E-state index contributed by atoms with van der Waals surface area (Å²) >= 11 is 0. The van der Waals surface area contributed by atoms with Crippen molar-refractivity contribution >= 4 is 7.82 Å². The molecule has 0 heterocycles. The summed E-state index contributed by atoms with van der Waals surface area (Å²) in [6.07, 6.45) is 89.6. The largest absolute Gasteiger partial charge is 0.466 e. The Kier molecular flexibility index (Phi) is 89.7. The summed E-state index contributed by atoms with van der Waals surface area (Å²) < 4.78 is 8.88. The van der Waals surface area contributed by atoms with Gasteiger partial charge >= 0.3 is 7.82 Å². The number of nitrogens with one attached hydrogen (secondary N) is 3. The van der Waals surface area contributed by atoms with Crippen molar-refractivity contribution in [3.63, 3.8) is 0 Å². The van der Waals surface area contributed by atoms with Crippen molar-refractivity contribution in [1.82, 2.24) is 16.0 Å². The van der Waals surface area contributed by atoms with Gasteiger partial charge in [0.15, 0.2) is 0 Å². The number of phosphoric acid groups is 1. The van der Waals surface area contributed by atoms with E-state index in [-0.39, 0.29) is 0 Å². The first kappa shape index (κ1) is 91.6. The van der Waals surface area contributed by atoms with E-state index in [1.54, 1.807) is 0 Å². The third kappa shape index (κ3) is 94.3. The topological polar surface area (TPSA) is 114 Å². The van der Waals surface area contributed by atoms with Gasteiger partial charge in [0.1, 0.15) is 0 Å². The summed E-state index contributed by atoms with van der Waals surface area (Å²) in [7, 11) is -4.64. The summed E-state index contributed by atoms with van der Waals surface area (Å²) in [6.45, 7) is 28.2. The van der Waals surface area contributed by atoms with Crippen molar-refractivity contribution in [2.75, 3.05) is 39.3 Å². The first-order valence-electron chi connectivity index (χ1n) is 38.9. The molecule has 6 N–H and O–H groups in total. The van der Waals surface area contributed by atoms with Gasteiger partial charge in [-0.1, -0.05) is 330 Å². The summed E-state index contributed by atoms with van der Waals surface area (Å²) in [6, 6.07) is 0. The van der Waals surface area contributed by atoms with Gasteiger partial charge in [0.05, 0.1) is 0 Å². The summed E-state index contributed by atoms with van der Waals surface area (Å²) in [4.78, 5) is 21.6. The highest BCUT2D eigenvalue weighted by atomic mass is 31.2. The van der Waals surface area contributed by atoms with Gasteiger partial charge in [-0.2, -0.15) is 0 Å². The van der Waals surface area contributed by atoms with Crippen LogP contribution in [0.2, 0.25) is 0 Å². The van der Waals surface area contributed by atoms with E-state index in [0.29, 0.717) is 0 Å². The molecule has 0 radical (unpaired) electrons. The van der Waals surface area contributed by atoms with E-state index in [9.17, 15) is 0 Å². The van der Waals surface area contributed by atoms with Crippen LogP contribution in [0.5, 0.6) is 0 Å². The van der Waals surface area contributed by atoms with Crippen LogP contribution in [0.25, 0.3) is 0 Å². The number of allylic oxidation sites excluding steroid dienone is 6. The Hall–Kier alpha value is -0.790. The smallest absolute Gasteiger partial charge is 0.316 e. The van der Waals surface area contributed by atoms with Crippen molar-refractivity contribution in [2.45, 2.75) is 409 Å². The molecule has 0 aromatic heterocycles. The Morgan fingerprint density at radius 3 is 0.593 bits per heavy atom. The maximum atomic E-state index is 8.88. The summed E-state index contributed by atoms with van der Waals surface area (Å²) in [5, 5.41) is 11.1. The molecule has 0 bridgehead atoms. The lowest BCUT2D eigenvalue weighted by Gasteiger charge is -2.15. The molecule has 3 unspecified atom stereocenters. The molecule has 3 atom stereocenters. The second-order valence-electron chi connectivity index (χ2n) is 26.2. The first-order chi connectivity index (χ1) is 42.0. The lowest BCUT2D eigenvalue weighted by Crippen LogP contribution is -2.23. The van der Waals surface area contributed by atoms with Crippen LogP contribution < -0.4 is 16.0 Å². The lowest BCUT2D eigenvalue weighted by molar-refractivity contribution is 0.275. The van der Waals surface area contributed by atoms with E-state index in [4.69, 9.17) is 19.2 Å². The fourth-order valence-electron chi connectivity index (χ4n) is 11.2. The first-order valence-corrected chi connectivity index (χ1v) is 40.5. The van der Waals surface area contributed by atoms with Gasteiger partial charge in [0.25, 0.3) is 0 Å². The third-order valence-corrected chi connectivity index (χ3v) is 17.5. The van der Waals surface area contributed by atoms with Gasteiger partial charge in [-0.25, -0.2) is 4.57 Å². The Morgan fingerprint density at radius 1 is 0.256 bits per heavy atom. The second kappa shape index (κ2) is 84.2. The van der Waals surface area contributed by atoms with Crippen LogP contribution in [-0.2, 0) is 4.57 Å². The van der Waals surface area contributed by atoms with E-state index < -0.39 is 7.82 Å². The van der Waals surface area contributed by atoms with Crippen molar-refractivity contribution < 1.29 is 19.2 Å². The molecular formula is C78H162N3O4P. The van der Waals surface area contributed by atoms with E-state index in [1.165, 1.54) is 386 Å². The van der Waals surface area contributed by atoms with Crippen molar-refractivity contribution in [3.8, 4) is 0 Å². The standard InChI is InChI=1S/3C26H53N.H3O4P/c3*1-4-7-9-10-11-12-13-14-15-16-17-18-19-20-21-22-24-27-25-26(6-3)23-8-5-2;1-5(2,3)4/h3*14-15,26-27H,4-13,16-25H2,1-3H3;(H3,1,2,3,4)/b3*15-14-;. The molecule has 0 aromatic carbocycles. The van der Waals surface area contributed by atoms with E-state index in [2.05, 4.69) is 115 Å². The molecule has 0 aromatic rings. The number of rotatable bonds is 66. The van der Waals surface area contributed by atoms with Gasteiger partial charge < -0.3 is 30.6 Å². The zero-order valence-electron chi connectivity index (χ0n) is 60.3. The van der Waals surface area contributed by atoms with Gasteiger partial charge in [-0.15, -0.1) is 0 Å². The van der Waals surface area contributed by atoms with Gasteiger partial charge in [-0.3, -0.25) is 0 Å². The van der Waals surface area contributed by atoms with Crippen LogP contribution in [0.3, 0.4) is 0 Å². The van der Waals surface area contributed by atoms with E-state index >= 15 is 0 Å². The minimum atomic E-state index is -4.64. The average Bonchev–Trinajstić information content (AvgIpc) is 3.51. The van der Waals surface area contributed by atoms with Crippen LogP contribution >= 0.6 is 7.82 Å². The zero-order valence-corrected chi connectivity index (χ0v) is 61.2. The minimum Gasteiger partial charge on any atom is -0.316 e. The maximum Gasteiger partial charge on any atom is 0.466 e. The quantitative estimate of drug-likeness (QED) is 0.0204. The van der Waals surface area contributed by atoms with Crippen LogP contribution in [0.1, 0.15) is 409 Å². The molecule has 8 heteroatoms. The average molecular weight is 1240 g/mol. The molecule has 0 amide bonds. The molecule has 0 aliphatic rings. The molecule has 518 valence electrons. The summed E-state index contributed by atoms with van der Waals surface area (Å²) in [5.74, 6) is 2.71. The third-order valence-electron chi connectivity index (χ3n) is 17.5. The molecular weight excluding hydrogens is 1070 g/mol. The maximum absolute atomic E-state index is 8.88. The Bertz CT molecular complexity index is 1160. The highest BCUT2D eigenvalue weighted by Crippen LogP contribution is 2.26. The molecule has 7 nitrogen and oxygen atoms in total. The monoisotopic (exact) mass is 1240 g/mol. The zero-order chi connectivity index (χ0) is 64.0. The van der Waals surface area contributed by atoms with E-state index in [1.807, 2.05) is 0 Å². The molecule has 0 fully saturated rings. The fourth-order valence-corrected chi connectivity index (χ4v) is 11.2. The van der Waals surface area contributed by atoms with Crippen molar-refractivity contribution in [1.29, 1.82) is 0 Å². The SMILES string of the molecule is CCCCCCCC/C=C\CCCCCCCCNCC(CC)CCCC.CCCCCCCC/C=C\CCCCCCCCNCC(CC)CCCC.CCCCCCCC/C=C\CCCCCCCCNCC(CC)CCCC.O=P(O)(O)O. The predicted molar refractivity (Wildman–Crippen MR) is 391 cm³/mol. The second-order valence-corrected chi connectivity index (χ2v) is 27.2. The normalized spacial score (nSPS) is 12.8. The Morgan fingerprint density at radius 2 is 0.419 bits per heavy atom. The van der Waals surface area contributed by atoms with Crippen LogP contribution in [-0.4, -0.2) is 53.9 Å². The Balaban J connectivity index is -0.000000562. The van der Waals surface area contributed by atoms with Gasteiger partial charge in [0, 0.05) is 0 Å². The molecule has 0 rings (SSSR count). The van der Waals surface area contributed by atoms with Crippen LogP contribution in [0.4, 0.5) is 0 Å². The molecule has 0 aliphatic heterocycles. The molecule has 86 heavy (non-hydrogen) atoms. The molecule has 0 spiro atoms. The molecule has 0 aliphatic carbocycles. The summed E-state index contributed by atoms with van der Waals surface area (Å²) in [5.41, 5.74) is 0. The molecule has 0 saturated carbocycles. The van der Waals surface area contributed by atoms with Crippen LogP contribution in [0, 0.1) is 17.8 Å². The highest BCUT2D eigenvalue weighted by Gasteiger charge is 2.07. The lowest BCUT2D eigenvalue weighted by atomic mass is 9.99. The fraction of sp³-hybridized carbons (Fsp3) is 0.923. The highest BCUT2D eigenvalue weighted by molar-refractivity contribution is 7.45.